The van der Waals surface area contributed by atoms with Gasteiger partial charge in [-0.1, -0.05) is 13.3 Å². The molecule has 4 nitrogen and oxygen atoms in total. The number of aromatic nitrogens is 1. The largest absolute Gasteiger partial charge is 0.389 e. The van der Waals surface area contributed by atoms with Gasteiger partial charge in [0.25, 0.3) is 0 Å². The van der Waals surface area contributed by atoms with Crippen molar-refractivity contribution in [1.29, 1.82) is 0 Å². The summed E-state index contributed by atoms with van der Waals surface area (Å²) in [6.07, 6.45) is 6.38. The molecular weight excluding hydrogens is 240 g/mol. The number of unbranched alkanes of at least 4 members (excludes halogenated alkanes) is 1. The van der Waals surface area contributed by atoms with E-state index in [2.05, 4.69) is 16.8 Å². The number of pyridine rings is 1. The van der Waals surface area contributed by atoms with E-state index in [1.54, 1.807) is 0 Å². The van der Waals surface area contributed by atoms with Crippen LogP contribution in [0.15, 0.2) is 24.5 Å². The number of hydrogen-bond acceptors (Lipinski definition) is 4. The first kappa shape index (κ1) is 16.1. The van der Waals surface area contributed by atoms with Crippen LogP contribution < -0.4 is 0 Å². The Bertz CT molecular complexity index is 319. The first-order chi connectivity index (χ1) is 9.22. The van der Waals surface area contributed by atoms with Gasteiger partial charge in [0.15, 0.2) is 0 Å². The van der Waals surface area contributed by atoms with Crippen LogP contribution in [0.3, 0.4) is 0 Å². The van der Waals surface area contributed by atoms with Gasteiger partial charge in [-0.05, 0) is 37.6 Å². The number of hydrogen-bond donors (Lipinski definition) is 1. The molecule has 1 aromatic heterocycles. The molecule has 1 N–H and O–H groups in total. The fourth-order valence-electron chi connectivity index (χ4n) is 1.84. The molecule has 108 valence electrons. The number of likely N-dealkylation sites (N-methyl/N-ethyl adjacent to an activating group) is 1. The Morgan fingerprint density at radius 1 is 1.37 bits per heavy atom. The van der Waals surface area contributed by atoms with Crippen molar-refractivity contribution in [2.45, 2.75) is 32.3 Å². The molecule has 1 unspecified atom stereocenters. The normalized spacial score (nSPS) is 12.8. The van der Waals surface area contributed by atoms with Crippen molar-refractivity contribution in [3.8, 4) is 0 Å². The second kappa shape index (κ2) is 9.89. The number of ether oxygens (including phenoxy) is 1. The summed E-state index contributed by atoms with van der Waals surface area (Å²) < 4.78 is 5.41. The van der Waals surface area contributed by atoms with E-state index in [4.69, 9.17) is 4.74 Å². The first-order valence-electron chi connectivity index (χ1n) is 7.05. The van der Waals surface area contributed by atoms with Gasteiger partial charge < -0.3 is 14.7 Å². The minimum Gasteiger partial charge on any atom is -0.389 e. The van der Waals surface area contributed by atoms with Gasteiger partial charge in [0.1, 0.15) is 0 Å². The fraction of sp³-hybridized carbons (Fsp3) is 0.667. The minimum atomic E-state index is -0.403. The van der Waals surface area contributed by atoms with Gasteiger partial charge in [-0.3, -0.25) is 4.98 Å². The molecule has 1 heterocycles. The maximum Gasteiger partial charge on any atom is 0.0900 e. The molecule has 0 aliphatic rings. The van der Waals surface area contributed by atoms with Crippen LogP contribution in [0, 0.1) is 0 Å². The van der Waals surface area contributed by atoms with E-state index >= 15 is 0 Å². The molecule has 1 atom stereocenters. The Hall–Kier alpha value is -0.970. The lowest BCUT2D eigenvalue weighted by atomic mass is 10.2. The van der Waals surface area contributed by atoms with Crippen molar-refractivity contribution in [3.05, 3.63) is 30.1 Å². The summed E-state index contributed by atoms with van der Waals surface area (Å²) in [4.78, 5) is 6.13. The third-order valence-corrected chi connectivity index (χ3v) is 3.01. The van der Waals surface area contributed by atoms with Crippen LogP contribution in [0.5, 0.6) is 0 Å². The zero-order valence-corrected chi connectivity index (χ0v) is 12.1. The second-order valence-electron chi connectivity index (χ2n) is 4.95. The number of rotatable bonds is 10. The monoisotopic (exact) mass is 266 g/mol. The Labute approximate surface area is 116 Å². The van der Waals surface area contributed by atoms with E-state index in [-0.39, 0.29) is 0 Å². The summed E-state index contributed by atoms with van der Waals surface area (Å²) in [6, 6.07) is 4.05. The van der Waals surface area contributed by atoms with E-state index in [9.17, 15) is 5.11 Å². The molecule has 0 spiro atoms. The molecule has 0 amide bonds. The first-order valence-corrected chi connectivity index (χ1v) is 7.05. The lowest BCUT2D eigenvalue weighted by Gasteiger charge is -2.20. The zero-order chi connectivity index (χ0) is 13.9. The average Bonchev–Trinajstić information content (AvgIpc) is 2.42. The summed E-state index contributed by atoms with van der Waals surface area (Å²) in [7, 11) is 2.02. The molecule has 0 radical (unpaired) electrons. The molecule has 1 rings (SSSR count). The van der Waals surface area contributed by atoms with Crippen LogP contribution >= 0.6 is 0 Å². The Morgan fingerprint density at radius 3 is 2.79 bits per heavy atom. The number of nitrogens with zero attached hydrogens (tertiary/aromatic N) is 2. The molecule has 0 fully saturated rings. The van der Waals surface area contributed by atoms with Crippen molar-refractivity contribution < 1.29 is 9.84 Å². The quantitative estimate of drug-likeness (QED) is 0.655. The molecule has 0 aromatic carbocycles. The molecular formula is C15H26N2O2. The molecule has 19 heavy (non-hydrogen) atoms. The van der Waals surface area contributed by atoms with Gasteiger partial charge in [0, 0.05) is 32.1 Å². The van der Waals surface area contributed by atoms with Crippen molar-refractivity contribution in [2.75, 3.05) is 33.4 Å². The van der Waals surface area contributed by atoms with Crippen LogP contribution in [-0.4, -0.2) is 54.4 Å². The van der Waals surface area contributed by atoms with Gasteiger partial charge in [-0.15, -0.1) is 0 Å². The molecule has 4 heteroatoms. The lowest BCUT2D eigenvalue weighted by Crippen LogP contribution is -2.33. The molecule has 0 saturated heterocycles. The molecule has 0 aliphatic carbocycles. The Morgan fingerprint density at radius 2 is 2.11 bits per heavy atom. The van der Waals surface area contributed by atoms with Gasteiger partial charge in [-0.25, -0.2) is 0 Å². The van der Waals surface area contributed by atoms with Crippen LogP contribution in [-0.2, 0) is 11.2 Å². The molecule has 0 aliphatic heterocycles. The molecule has 1 aromatic rings. The van der Waals surface area contributed by atoms with Gasteiger partial charge in [0.05, 0.1) is 12.7 Å². The smallest absolute Gasteiger partial charge is 0.0900 e. The maximum absolute atomic E-state index is 9.84. The van der Waals surface area contributed by atoms with E-state index in [0.29, 0.717) is 13.2 Å². The highest BCUT2D eigenvalue weighted by atomic mass is 16.5. The molecule has 0 bridgehead atoms. The molecule has 0 saturated carbocycles. The Balaban J connectivity index is 2.11. The fourth-order valence-corrected chi connectivity index (χ4v) is 1.84. The van der Waals surface area contributed by atoms with Crippen molar-refractivity contribution in [3.63, 3.8) is 0 Å². The van der Waals surface area contributed by atoms with Crippen molar-refractivity contribution >= 4 is 0 Å². The average molecular weight is 266 g/mol. The zero-order valence-electron chi connectivity index (χ0n) is 12.1. The third-order valence-electron chi connectivity index (χ3n) is 3.01. The highest BCUT2D eigenvalue weighted by Crippen LogP contribution is 2.00. The SMILES string of the molecule is CCCCOCC(O)CN(C)CCc1ccncc1. The summed E-state index contributed by atoms with van der Waals surface area (Å²) in [5.41, 5.74) is 1.27. The standard InChI is InChI=1S/C15H26N2O2/c1-3-4-11-19-13-15(18)12-17(2)10-7-14-5-8-16-9-6-14/h5-6,8-9,15,18H,3-4,7,10-13H2,1-2H3. The summed E-state index contributed by atoms with van der Waals surface area (Å²) in [5.74, 6) is 0. The third kappa shape index (κ3) is 7.93. The minimum absolute atomic E-state index is 0.403. The topological polar surface area (TPSA) is 45.6 Å². The van der Waals surface area contributed by atoms with Gasteiger partial charge in [-0.2, -0.15) is 0 Å². The van der Waals surface area contributed by atoms with E-state index < -0.39 is 6.10 Å². The van der Waals surface area contributed by atoms with E-state index in [0.717, 1.165) is 32.4 Å². The predicted molar refractivity (Wildman–Crippen MR) is 77.2 cm³/mol. The number of aliphatic hydroxyl groups is 1. The summed E-state index contributed by atoms with van der Waals surface area (Å²) in [6.45, 7) is 4.88. The van der Waals surface area contributed by atoms with Crippen LogP contribution in [0.4, 0.5) is 0 Å². The summed E-state index contributed by atoms with van der Waals surface area (Å²) in [5, 5.41) is 9.84. The van der Waals surface area contributed by atoms with Gasteiger partial charge in [0.2, 0.25) is 0 Å². The summed E-state index contributed by atoms with van der Waals surface area (Å²) >= 11 is 0. The number of aliphatic hydroxyl groups excluding tert-OH is 1. The van der Waals surface area contributed by atoms with Crippen molar-refractivity contribution in [2.24, 2.45) is 0 Å². The highest BCUT2D eigenvalue weighted by molar-refractivity contribution is 5.09. The van der Waals surface area contributed by atoms with Crippen LogP contribution in [0.25, 0.3) is 0 Å². The highest BCUT2D eigenvalue weighted by Gasteiger charge is 2.08. The lowest BCUT2D eigenvalue weighted by molar-refractivity contribution is 0.0201. The van der Waals surface area contributed by atoms with E-state index in [1.807, 2.05) is 31.6 Å². The van der Waals surface area contributed by atoms with Crippen molar-refractivity contribution in [1.82, 2.24) is 9.88 Å². The van der Waals surface area contributed by atoms with E-state index in [1.165, 1.54) is 5.56 Å². The van der Waals surface area contributed by atoms with Crippen LogP contribution in [0.2, 0.25) is 0 Å². The van der Waals surface area contributed by atoms with Crippen LogP contribution in [0.1, 0.15) is 25.3 Å². The van der Waals surface area contributed by atoms with Gasteiger partial charge >= 0.3 is 0 Å². The Kier molecular flexibility index (Phi) is 8.38. The predicted octanol–water partition coefficient (Wildman–Crippen LogP) is 1.73. The second-order valence-corrected chi connectivity index (χ2v) is 4.95. The maximum atomic E-state index is 9.84.